The lowest BCUT2D eigenvalue weighted by Crippen LogP contribution is -2.16. The number of amides is 1. The lowest BCUT2D eigenvalue weighted by Gasteiger charge is -2.10. The second kappa shape index (κ2) is 8.02. The van der Waals surface area contributed by atoms with Crippen LogP contribution in [-0.4, -0.2) is 19.0 Å². The summed E-state index contributed by atoms with van der Waals surface area (Å²) in [6, 6.07) is 17.5. The average Bonchev–Trinajstić information content (AvgIpc) is 3.16. The Bertz CT molecular complexity index is 901. The molecular weight excluding hydrogens is 334 g/mol. The molecule has 1 amide bonds. The summed E-state index contributed by atoms with van der Waals surface area (Å²) in [5.74, 6) is -0.192. The molecule has 6 heteroatoms. The number of benzene rings is 2. The lowest BCUT2D eigenvalue weighted by atomic mass is 10.1. The van der Waals surface area contributed by atoms with Crippen LogP contribution in [-0.2, 0) is 11.3 Å². The van der Waals surface area contributed by atoms with Gasteiger partial charge in [-0.05, 0) is 30.3 Å². The van der Waals surface area contributed by atoms with Crippen LogP contribution in [0.1, 0.15) is 26.5 Å². The number of carbonyl (C=O) groups is 2. The van der Waals surface area contributed by atoms with Gasteiger partial charge in [-0.15, -0.1) is 0 Å². The van der Waals surface area contributed by atoms with Gasteiger partial charge in [-0.25, -0.2) is 4.79 Å². The summed E-state index contributed by atoms with van der Waals surface area (Å²) in [5.41, 5.74) is 1.20. The minimum absolute atomic E-state index is 0.126. The lowest BCUT2D eigenvalue weighted by molar-refractivity contribution is 0.0602. The van der Waals surface area contributed by atoms with E-state index in [9.17, 15) is 9.59 Å². The van der Waals surface area contributed by atoms with E-state index in [1.165, 1.54) is 13.4 Å². The number of methoxy groups -OCH3 is 1. The van der Waals surface area contributed by atoms with Gasteiger partial charge in [0.05, 0.1) is 24.6 Å². The molecule has 0 aliphatic rings. The number of hydrogen-bond donors (Lipinski definition) is 1. The van der Waals surface area contributed by atoms with Gasteiger partial charge in [-0.1, -0.05) is 30.3 Å². The fourth-order valence-corrected chi connectivity index (χ4v) is 2.39. The van der Waals surface area contributed by atoms with E-state index in [0.29, 0.717) is 17.0 Å². The van der Waals surface area contributed by atoms with Gasteiger partial charge in [0.15, 0.2) is 5.76 Å². The van der Waals surface area contributed by atoms with Gasteiger partial charge in [-0.3, -0.25) is 4.79 Å². The molecule has 2 aromatic carbocycles. The van der Waals surface area contributed by atoms with Crippen molar-refractivity contribution in [3.63, 3.8) is 0 Å². The molecule has 132 valence electrons. The van der Waals surface area contributed by atoms with E-state index in [2.05, 4.69) is 5.32 Å². The normalized spacial score (nSPS) is 10.2. The van der Waals surface area contributed by atoms with E-state index >= 15 is 0 Å². The first-order valence-electron chi connectivity index (χ1n) is 7.92. The molecule has 0 bridgehead atoms. The van der Waals surface area contributed by atoms with Gasteiger partial charge in [0.1, 0.15) is 12.4 Å². The fraction of sp³-hybridized carbons (Fsp3) is 0.100. The van der Waals surface area contributed by atoms with E-state index in [4.69, 9.17) is 13.9 Å². The summed E-state index contributed by atoms with van der Waals surface area (Å²) in [6.45, 7) is 0.182. The van der Waals surface area contributed by atoms with Crippen molar-refractivity contribution in [2.24, 2.45) is 0 Å². The molecule has 6 nitrogen and oxygen atoms in total. The van der Waals surface area contributed by atoms with Crippen LogP contribution in [0.25, 0.3) is 0 Å². The van der Waals surface area contributed by atoms with Gasteiger partial charge in [-0.2, -0.15) is 0 Å². The van der Waals surface area contributed by atoms with E-state index in [0.717, 1.165) is 0 Å². The molecular formula is C20H17NO5. The molecule has 0 unspecified atom stereocenters. The third-order valence-electron chi connectivity index (χ3n) is 3.67. The average molecular weight is 351 g/mol. The standard InChI is InChI=1S/C20H17NO5/c1-24-20(23)16-9-5-6-10-17(16)21-19(22)18-14(11-12-25-18)13-26-15-7-3-2-4-8-15/h2-12H,13H2,1H3,(H,21,22). The first-order valence-corrected chi connectivity index (χ1v) is 7.92. The highest BCUT2D eigenvalue weighted by Crippen LogP contribution is 2.20. The van der Waals surface area contributed by atoms with Gasteiger partial charge in [0.2, 0.25) is 0 Å². The highest BCUT2D eigenvalue weighted by atomic mass is 16.5. The molecule has 0 fully saturated rings. The second-order valence-corrected chi connectivity index (χ2v) is 5.37. The number of furan rings is 1. The maximum Gasteiger partial charge on any atom is 0.339 e. The number of carbonyl (C=O) groups excluding carboxylic acids is 2. The Labute approximate surface area is 150 Å². The molecule has 0 atom stereocenters. The van der Waals surface area contributed by atoms with Crippen molar-refractivity contribution in [3.05, 3.63) is 83.8 Å². The maximum atomic E-state index is 12.6. The minimum Gasteiger partial charge on any atom is -0.489 e. The molecule has 1 N–H and O–H groups in total. The number of anilines is 1. The zero-order valence-corrected chi connectivity index (χ0v) is 14.1. The molecule has 0 aliphatic carbocycles. The van der Waals surface area contributed by atoms with Crippen molar-refractivity contribution in [1.29, 1.82) is 0 Å². The monoisotopic (exact) mass is 351 g/mol. The Morgan fingerprint density at radius 3 is 2.50 bits per heavy atom. The number of rotatable bonds is 6. The molecule has 0 aliphatic heterocycles. The van der Waals surface area contributed by atoms with Crippen LogP contribution in [0, 0.1) is 0 Å². The van der Waals surface area contributed by atoms with E-state index < -0.39 is 11.9 Å². The highest BCUT2D eigenvalue weighted by molar-refractivity contribution is 6.07. The summed E-state index contributed by atoms with van der Waals surface area (Å²) in [7, 11) is 1.28. The summed E-state index contributed by atoms with van der Waals surface area (Å²) < 4.78 is 15.7. The van der Waals surface area contributed by atoms with Crippen molar-refractivity contribution >= 4 is 17.6 Å². The van der Waals surface area contributed by atoms with Crippen molar-refractivity contribution in [2.75, 3.05) is 12.4 Å². The number of hydrogen-bond acceptors (Lipinski definition) is 5. The van der Waals surface area contributed by atoms with Crippen LogP contribution in [0.15, 0.2) is 71.3 Å². The topological polar surface area (TPSA) is 77.8 Å². The SMILES string of the molecule is COC(=O)c1ccccc1NC(=O)c1occc1COc1ccccc1. The Morgan fingerprint density at radius 1 is 1.00 bits per heavy atom. The van der Waals surface area contributed by atoms with E-state index in [-0.39, 0.29) is 17.9 Å². The van der Waals surface area contributed by atoms with Crippen LogP contribution in [0.5, 0.6) is 5.75 Å². The minimum atomic E-state index is -0.534. The van der Waals surface area contributed by atoms with Crippen LogP contribution in [0.3, 0.4) is 0 Å². The van der Waals surface area contributed by atoms with Crippen molar-refractivity contribution in [1.82, 2.24) is 0 Å². The Morgan fingerprint density at radius 2 is 1.73 bits per heavy atom. The summed E-state index contributed by atoms with van der Waals surface area (Å²) in [6.07, 6.45) is 1.42. The Kier molecular flexibility index (Phi) is 5.34. The van der Waals surface area contributed by atoms with Crippen molar-refractivity contribution in [3.8, 4) is 5.75 Å². The second-order valence-electron chi connectivity index (χ2n) is 5.37. The number of nitrogens with one attached hydrogen (secondary N) is 1. The first kappa shape index (κ1) is 17.3. The van der Waals surface area contributed by atoms with E-state index in [1.54, 1.807) is 30.3 Å². The zero-order valence-electron chi connectivity index (χ0n) is 14.1. The molecule has 0 spiro atoms. The van der Waals surface area contributed by atoms with E-state index in [1.807, 2.05) is 30.3 Å². The van der Waals surface area contributed by atoms with Gasteiger partial charge >= 0.3 is 5.97 Å². The zero-order chi connectivity index (χ0) is 18.4. The molecule has 3 rings (SSSR count). The third kappa shape index (κ3) is 3.92. The van der Waals surface area contributed by atoms with Gasteiger partial charge < -0.3 is 19.2 Å². The smallest absolute Gasteiger partial charge is 0.339 e. The van der Waals surface area contributed by atoms with Crippen LogP contribution >= 0.6 is 0 Å². The number of ether oxygens (including phenoxy) is 2. The molecule has 0 saturated carbocycles. The van der Waals surface area contributed by atoms with Crippen LogP contribution in [0.4, 0.5) is 5.69 Å². The predicted octanol–water partition coefficient (Wildman–Crippen LogP) is 3.90. The Balaban J connectivity index is 1.74. The summed E-state index contributed by atoms with van der Waals surface area (Å²) in [4.78, 5) is 24.4. The maximum absolute atomic E-state index is 12.6. The molecule has 0 saturated heterocycles. The summed E-state index contributed by atoms with van der Waals surface area (Å²) >= 11 is 0. The van der Waals surface area contributed by atoms with Gasteiger partial charge in [0.25, 0.3) is 5.91 Å². The largest absolute Gasteiger partial charge is 0.489 e. The quantitative estimate of drug-likeness (QED) is 0.682. The molecule has 1 heterocycles. The number of para-hydroxylation sites is 2. The highest BCUT2D eigenvalue weighted by Gasteiger charge is 2.19. The van der Waals surface area contributed by atoms with Crippen LogP contribution in [0.2, 0.25) is 0 Å². The fourth-order valence-electron chi connectivity index (χ4n) is 2.39. The molecule has 0 radical (unpaired) electrons. The molecule has 1 aromatic heterocycles. The van der Waals surface area contributed by atoms with Crippen molar-refractivity contribution < 1.29 is 23.5 Å². The van der Waals surface area contributed by atoms with Crippen LogP contribution < -0.4 is 10.1 Å². The first-order chi connectivity index (χ1) is 12.7. The third-order valence-corrected chi connectivity index (χ3v) is 3.67. The number of esters is 1. The Hall–Kier alpha value is -3.54. The molecule has 26 heavy (non-hydrogen) atoms. The van der Waals surface area contributed by atoms with Gasteiger partial charge in [0, 0.05) is 5.56 Å². The molecule has 3 aromatic rings. The summed E-state index contributed by atoms with van der Waals surface area (Å²) in [5, 5.41) is 2.68. The predicted molar refractivity (Wildman–Crippen MR) is 95.2 cm³/mol. The van der Waals surface area contributed by atoms with Crippen molar-refractivity contribution in [2.45, 2.75) is 6.61 Å².